The third-order valence-corrected chi connectivity index (χ3v) is 7.27. The monoisotopic (exact) mass is 538 g/mol. The van der Waals surface area contributed by atoms with Gasteiger partial charge in [0, 0.05) is 22.1 Å². The fourth-order valence-corrected chi connectivity index (χ4v) is 5.38. The van der Waals surface area contributed by atoms with E-state index in [1.807, 2.05) is 5.38 Å². The summed E-state index contributed by atoms with van der Waals surface area (Å²) in [5, 5.41) is 8.36. The van der Waals surface area contributed by atoms with Crippen molar-refractivity contribution in [1.29, 1.82) is 0 Å². The van der Waals surface area contributed by atoms with Gasteiger partial charge in [-0.15, -0.1) is 0 Å². The zero-order chi connectivity index (χ0) is 25.1. The van der Waals surface area contributed by atoms with Crippen molar-refractivity contribution in [2.24, 2.45) is 0 Å². The highest BCUT2D eigenvalue weighted by Crippen LogP contribution is 2.28. The number of fused-ring (bicyclic) bond motifs is 1. The molecular formula is C25H16ClFN4O3S2. The molecule has 5 aromatic rings. The predicted octanol–water partition coefficient (Wildman–Crippen LogP) is 6.33. The lowest BCUT2D eigenvalue weighted by Crippen LogP contribution is -2.20. The Balaban J connectivity index is 1.26. The van der Waals surface area contributed by atoms with Crippen LogP contribution in [0.1, 0.15) is 0 Å². The first-order valence-corrected chi connectivity index (χ1v) is 13.1. The Labute approximate surface area is 216 Å². The van der Waals surface area contributed by atoms with Gasteiger partial charge in [0.1, 0.15) is 23.7 Å². The van der Waals surface area contributed by atoms with Crippen LogP contribution in [0.4, 0.5) is 21.6 Å². The molecule has 11 heteroatoms. The van der Waals surface area contributed by atoms with Gasteiger partial charge < -0.3 is 15.4 Å². The molecule has 0 aliphatic rings. The van der Waals surface area contributed by atoms with Crippen LogP contribution in [0.25, 0.3) is 22.0 Å². The van der Waals surface area contributed by atoms with Crippen molar-refractivity contribution >= 4 is 66.3 Å². The number of amides is 1. The minimum absolute atomic E-state index is 0.0110. The molecule has 0 aliphatic carbocycles. The highest BCUT2D eigenvalue weighted by atomic mass is 35.5. The normalized spacial score (nSPS) is 10.8. The summed E-state index contributed by atoms with van der Waals surface area (Å²) in [5.41, 5.74) is 3.21. The molecule has 1 amide bonds. The van der Waals surface area contributed by atoms with E-state index in [1.165, 1.54) is 39.1 Å². The third kappa shape index (κ3) is 5.35. The summed E-state index contributed by atoms with van der Waals surface area (Å²) in [6, 6.07) is 16.5. The molecule has 0 spiro atoms. The number of benzene rings is 3. The minimum Gasteiger partial charge on any atom is -0.484 e. The van der Waals surface area contributed by atoms with Crippen molar-refractivity contribution in [2.45, 2.75) is 0 Å². The summed E-state index contributed by atoms with van der Waals surface area (Å²) in [5.74, 6) is 0.119. The lowest BCUT2D eigenvalue weighted by Gasteiger charge is -2.11. The number of nitrogens with one attached hydrogen (secondary N) is 2. The van der Waals surface area contributed by atoms with E-state index in [4.69, 9.17) is 16.3 Å². The SMILES string of the molecule is O=C(COc1ccc(-c2cssc2=O)cc1)Nc1ccc2ncnc(Nc3ccc(F)c(Cl)c3)c2c1. The van der Waals surface area contributed by atoms with E-state index in [1.54, 1.807) is 48.5 Å². The maximum Gasteiger partial charge on any atom is 0.262 e. The molecule has 0 atom stereocenters. The van der Waals surface area contributed by atoms with Gasteiger partial charge in [0.15, 0.2) is 6.61 Å². The van der Waals surface area contributed by atoms with Gasteiger partial charge in [-0.05, 0) is 64.4 Å². The molecule has 180 valence electrons. The van der Waals surface area contributed by atoms with Gasteiger partial charge in [-0.1, -0.05) is 34.1 Å². The summed E-state index contributed by atoms with van der Waals surface area (Å²) in [6.45, 7) is -0.199. The third-order valence-electron chi connectivity index (χ3n) is 5.15. The van der Waals surface area contributed by atoms with Gasteiger partial charge in [-0.2, -0.15) is 0 Å². The highest BCUT2D eigenvalue weighted by molar-refractivity contribution is 7.68. The van der Waals surface area contributed by atoms with E-state index in [2.05, 4.69) is 20.6 Å². The van der Waals surface area contributed by atoms with Gasteiger partial charge in [-0.25, -0.2) is 14.4 Å². The van der Waals surface area contributed by atoms with Gasteiger partial charge in [0.2, 0.25) is 0 Å². The molecule has 2 aromatic heterocycles. The van der Waals surface area contributed by atoms with Crippen LogP contribution in [-0.2, 0) is 4.79 Å². The number of carbonyl (C=O) groups is 1. The average molecular weight is 539 g/mol. The molecule has 0 saturated heterocycles. The van der Waals surface area contributed by atoms with Crippen molar-refractivity contribution < 1.29 is 13.9 Å². The van der Waals surface area contributed by atoms with E-state index in [9.17, 15) is 14.0 Å². The Bertz CT molecular complexity index is 1620. The Morgan fingerprint density at radius 2 is 1.83 bits per heavy atom. The van der Waals surface area contributed by atoms with Crippen molar-refractivity contribution in [3.05, 3.63) is 92.7 Å². The number of hydrogen-bond acceptors (Lipinski definition) is 8. The van der Waals surface area contributed by atoms with Gasteiger partial charge in [0.25, 0.3) is 10.6 Å². The van der Waals surface area contributed by atoms with Gasteiger partial charge in [0.05, 0.1) is 16.1 Å². The van der Waals surface area contributed by atoms with Crippen LogP contribution in [0.2, 0.25) is 5.02 Å². The van der Waals surface area contributed by atoms with E-state index < -0.39 is 5.82 Å². The van der Waals surface area contributed by atoms with Crippen molar-refractivity contribution in [3.8, 4) is 16.9 Å². The summed E-state index contributed by atoms with van der Waals surface area (Å²) >= 11 is 5.87. The number of rotatable bonds is 7. The Morgan fingerprint density at radius 3 is 2.58 bits per heavy atom. The van der Waals surface area contributed by atoms with Crippen LogP contribution in [0.5, 0.6) is 5.75 Å². The van der Waals surface area contributed by atoms with Crippen molar-refractivity contribution in [1.82, 2.24) is 9.97 Å². The Morgan fingerprint density at radius 1 is 1.03 bits per heavy atom. The first-order chi connectivity index (χ1) is 17.5. The van der Waals surface area contributed by atoms with Gasteiger partial charge >= 0.3 is 0 Å². The van der Waals surface area contributed by atoms with Crippen LogP contribution in [0.15, 0.2) is 77.2 Å². The molecule has 0 bridgehead atoms. The maximum absolute atomic E-state index is 13.5. The standard InChI is InChI=1S/C25H16ClFN4O3S2/c26-20-10-16(3-7-21(20)27)31-24-18-9-15(4-8-22(18)28-13-29-24)30-23(32)11-34-17-5-1-14(2-6-17)19-12-35-36-25(19)33/h1-10,12-13H,11H2,(H,30,32)(H,28,29,31). The lowest BCUT2D eigenvalue weighted by atomic mass is 10.1. The smallest absolute Gasteiger partial charge is 0.262 e. The maximum atomic E-state index is 13.5. The van der Waals surface area contributed by atoms with Gasteiger partial charge in [-0.3, -0.25) is 9.59 Å². The van der Waals surface area contributed by atoms with E-state index in [-0.39, 0.29) is 22.3 Å². The summed E-state index contributed by atoms with van der Waals surface area (Å²) in [7, 11) is 2.59. The van der Waals surface area contributed by atoms with Crippen LogP contribution in [0, 0.1) is 5.82 Å². The van der Waals surface area contributed by atoms with E-state index in [0.29, 0.717) is 39.4 Å². The molecule has 0 fully saturated rings. The first kappa shape index (κ1) is 23.9. The predicted molar refractivity (Wildman–Crippen MR) is 142 cm³/mol. The Kier molecular flexibility index (Phi) is 6.90. The van der Waals surface area contributed by atoms with Crippen molar-refractivity contribution in [2.75, 3.05) is 17.2 Å². The summed E-state index contributed by atoms with van der Waals surface area (Å²) in [6.07, 6.45) is 1.41. The molecule has 0 radical (unpaired) electrons. The number of nitrogens with zero attached hydrogens (tertiary/aromatic N) is 2. The molecule has 0 unspecified atom stereocenters. The second kappa shape index (κ2) is 10.4. The molecule has 2 N–H and O–H groups in total. The minimum atomic E-state index is -0.516. The zero-order valence-corrected chi connectivity index (χ0v) is 20.7. The number of hydrogen-bond donors (Lipinski definition) is 2. The Hall–Kier alpha value is -3.86. The molecule has 7 nitrogen and oxygen atoms in total. The molecule has 5 rings (SSSR count). The van der Waals surface area contributed by atoms with Crippen LogP contribution < -0.4 is 20.1 Å². The lowest BCUT2D eigenvalue weighted by molar-refractivity contribution is -0.118. The summed E-state index contributed by atoms with van der Waals surface area (Å²) in [4.78, 5) is 32.8. The fourth-order valence-electron chi connectivity index (χ4n) is 3.42. The highest BCUT2D eigenvalue weighted by Gasteiger charge is 2.10. The molecule has 0 saturated carbocycles. The van der Waals surface area contributed by atoms with Crippen LogP contribution in [-0.4, -0.2) is 22.5 Å². The van der Waals surface area contributed by atoms with E-state index >= 15 is 0 Å². The average Bonchev–Trinajstić information content (AvgIpc) is 3.31. The second-order valence-electron chi connectivity index (χ2n) is 7.57. The largest absolute Gasteiger partial charge is 0.484 e. The van der Waals surface area contributed by atoms with Crippen molar-refractivity contribution in [3.63, 3.8) is 0 Å². The molecule has 36 heavy (non-hydrogen) atoms. The van der Waals surface area contributed by atoms with Crippen LogP contribution >= 0.6 is 32.3 Å². The number of halogens is 2. The molecule has 2 heterocycles. The quantitative estimate of drug-likeness (QED) is 0.235. The number of anilines is 3. The van der Waals surface area contributed by atoms with Crippen LogP contribution in [0.3, 0.4) is 0 Å². The number of aromatic nitrogens is 2. The summed E-state index contributed by atoms with van der Waals surface area (Å²) < 4.78 is 19.1. The fraction of sp³-hybridized carbons (Fsp3) is 0.0400. The zero-order valence-electron chi connectivity index (χ0n) is 18.3. The van der Waals surface area contributed by atoms with E-state index in [0.717, 1.165) is 5.56 Å². The molecule has 0 aliphatic heterocycles. The number of carbonyl (C=O) groups excluding carboxylic acids is 1. The molecule has 3 aromatic carbocycles. The molecular weight excluding hydrogens is 523 g/mol. The second-order valence-corrected chi connectivity index (χ2v) is 10.0. The first-order valence-electron chi connectivity index (χ1n) is 10.5. The topological polar surface area (TPSA) is 93.2 Å². The number of ether oxygens (including phenoxy) is 1.